The largest absolute Gasteiger partial charge is 0.382 e. The Morgan fingerprint density at radius 1 is 1.38 bits per heavy atom. The van der Waals surface area contributed by atoms with Crippen LogP contribution < -0.4 is 4.90 Å². The van der Waals surface area contributed by atoms with E-state index in [1.54, 1.807) is 7.11 Å². The van der Waals surface area contributed by atoms with Crippen LogP contribution in [0.15, 0.2) is 34.9 Å². The van der Waals surface area contributed by atoms with E-state index in [9.17, 15) is 0 Å². The van der Waals surface area contributed by atoms with Gasteiger partial charge < -0.3 is 14.4 Å². The molecule has 2 atom stereocenters. The van der Waals surface area contributed by atoms with Gasteiger partial charge in [-0.25, -0.2) is 0 Å². The Morgan fingerprint density at radius 2 is 2.24 bits per heavy atom. The summed E-state index contributed by atoms with van der Waals surface area (Å²) < 4.78 is 12.2. The molecule has 0 saturated carbocycles. The summed E-state index contributed by atoms with van der Waals surface area (Å²) >= 11 is 3.50. The third kappa shape index (κ3) is 3.20. The van der Waals surface area contributed by atoms with E-state index in [0.29, 0.717) is 6.61 Å². The van der Waals surface area contributed by atoms with E-state index in [2.05, 4.69) is 57.0 Å². The van der Waals surface area contributed by atoms with Crippen LogP contribution in [0.3, 0.4) is 0 Å². The van der Waals surface area contributed by atoms with Crippen LogP contribution in [0, 0.1) is 0 Å². The van der Waals surface area contributed by atoms with Gasteiger partial charge in [0.25, 0.3) is 0 Å². The third-order valence-corrected chi connectivity index (χ3v) is 4.19. The van der Waals surface area contributed by atoms with Gasteiger partial charge in [0.05, 0.1) is 24.3 Å². The topological polar surface area (TPSA) is 34.6 Å². The fourth-order valence-electron chi connectivity index (χ4n) is 2.90. The van der Waals surface area contributed by atoms with E-state index >= 15 is 0 Å². The lowest BCUT2D eigenvalue weighted by Gasteiger charge is -2.38. The fourth-order valence-corrected chi connectivity index (χ4v) is 3.25. The first-order valence-electron chi connectivity index (χ1n) is 7.11. The van der Waals surface area contributed by atoms with Crippen LogP contribution in [0.1, 0.15) is 6.92 Å². The van der Waals surface area contributed by atoms with Gasteiger partial charge in [-0.1, -0.05) is 15.9 Å². The fraction of sp³-hybridized carbons (Fsp3) is 0.438. The monoisotopic (exact) mass is 350 g/mol. The van der Waals surface area contributed by atoms with Gasteiger partial charge in [0.15, 0.2) is 0 Å². The first-order valence-corrected chi connectivity index (χ1v) is 7.90. The molecule has 2 aromatic rings. The van der Waals surface area contributed by atoms with Crippen molar-refractivity contribution in [2.24, 2.45) is 0 Å². The lowest BCUT2D eigenvalue weighted by Crippen LogP contribution is -2.48. The zero-order valence-corrected chi connectivity index (χ0v) is 13.8. The molecule has 1 aromatic carbocycles. The maximum atomic E-state index is 5.92. The minimum absolute atomic E-state index is 0.109. The molecular weight excluding hydrogens is 332 g/mol. The maximum absolute atomic E-state index is 5.92. The molecule has 112 valence electrons. The molecule has 1 aliphatic heterocycles. The van der Waals surface area contributed by atoms with E-state index in [1.807, 2.05) is 6.20 Å². The quantitative estimate of drug-likeness (QED) is 0.850. The zero-order chi connectivity index (χ0) is 14.8. The van der Waals surface area contributed by atoms with E-state index in [4.69, 9.17) is 9.47 Å². The van der Waals surface area contributed by atoms with Crippen LogP contribution in [-0.4, -0.2) is 44.0 Å². The third-order valence-electron chi connectivity index (χ3n) is 3.70. The standard InChI is InChI=1S/C16H19BrN2O2/c1-11-8-19(9-13(21-11)10-20-2)16-5-6-18-15-7-12(17)3-4-14(15)16/h3-7,11,13H,8-10H2,1-2H3. The molecule has 3 rings (SSSR count). The molecule has 2 heterocycles. The molecule has 1 fully saturated rings. The lowest BCUT2D eigenvalue weighted by atomic mass is 10.1. The number of ether oxygens (including phenoxy) is 2. The summed E-state index contributed by atoms with van der Waals surface area (Å²) in [6, 6.07) is 8.31. The van der Waals surface area contributed by atoms with Gasteiger partial charge >= 0.3 is 0 Å². The van der Waals surface area contributed by atoms with Crippen LogP contribution in [0.5, 0.6) is 0 Å². The first kappa shape index (κ1) is 14.8. The highest BCUT2D eigenvalue weighted by Crippen LogP contribution is 2.29. The van der Waals surface area contributed by atoms with Crippen molar-refractivity contribution in [2.45, 2.75) is 19.1 Å². The van der Waals surface area contributed by atoms with Crippen LogP contribution in [0.25, 0.3) is 10.9 Å². The number of benzene rings is 1. The van der Waals surface area contributed by atoms with Crippen molar-refractivity contribution in [1.29, 1.82) is 0 Å². The van der Waals surface area contributed by atoms with E-state index in [0.717, 1.165) is 23.1 Å². The molecule has 5 heteroatoms. The van der Waals surface area contributed by atoms with Crippen molar-refractivity contribution >= 4 is 32.5 Å². The van der Waals surface area contributed by atoms with Gasteiger partial charge in [-0.15, -0.1) is 0 Å². The second kappa shape index (κ2) is 6.30. The van der Waals surface area contributed by atoms with Gasteiger partial charge in [-0.3, -0.25) is 4.98 Å². The Kier molecular flexibility index (Phi) is 4.42. The van der Waals surface area contributed by atoms with Gasteiger partial charge in [-0.2, -0.15) is 0 Å². The number of morpholine rings is 1. The molecule has 1 aliphatic rings. The Balaban J connectivity index is 1.95. The molecule has 1 aromatic heterocycles. The molecule has 0 radical (unpaired) electrons. The summed E-state index contributed by atoms with van der Waals surface area (Å²) in [6.45, 7) is 4.45. The van der Waals surface area contributed by atoms with Gasteiger partial charge in [0.2, 0.25) is 0 Å². The summed E-state index contributed by atoms with van der Waals surface area (Å²) in [7, 11) is 1.71. The predicted octanol–water partition coefficient (Wildman–Crippen LogP) is 3.24. The molecule has 0 aliphatic carbocycles. The number of hydrogen-bond acceptors (Lipinski definition) is 4. The van der Waals surface area contributed by atoms with Crippen LogP contribution >= 0.6 is 15.9 Å². The Hall–Kier alpha value is -1.17. The number of anilines is 1. The van der Waals surface area contributed by atoms with Crippen molar-refractivity contribution in [3.63, 3.8) is 0 Å². The summed E-state index contributed by atoms with van der Waals surface area (Å²) in [4.78, 5) is 6.83. The minimum atomic E-state index is 0.109. The molecular formula is C16H19BrN2O2. The zero-order valence-electron chi connectivity index (χ0n) is 12.3. The number of rotatable bonds is 3. The highest BCUT2D eigenvalue weighted by molar-refractivity contribution is 9.10. The van der Waals surface area contributed by atoms with Crippen LogP contribution in [0.4, 0.5) is 5.69 Å². The molecule has 0 N–H and O–H groups in total. The van der Waals surface area contributed by atoms with E-state index < -0.39 is 0 Å². The van der Waals surface area contributed by atoms with Crippen molar-refractivity contribution in [1.82, 2.24) is 4.98 Å². The molecule has 0 spiro atoms. The SMILES string of the molecule is COCC1CN(c2ccnc3cc(Br)ccc23)CC(C)O1. The molecule has 0 amide bonds. The van der Waals surface area contributed by atoms with Crippen molar-refractivity contribution in [3.05, 3.63) is 34.9 Å². The van der Waals surface area contributed by atoms with Crippen molar-refractivity contribution in [2.75, 3.05) is 31.7 Å². The Morgan fingerprint density at radius 3 is 3.05 bits per heavy atom. The molecule has 0 bridgehead atoms. The number of halogens is 1. The molecule has 21 heavy (non-hydrogen) atoms. The summed E-state index contributed by atoms with van der Waals surface area (Å²) in [6.07, 6.45) is 2.17. The minimum Gasteiger partial charge on any atom is -0.382 e. The molecule has 4 nitrogen and oxygen atoms in total. The maximum Gasteiger partial charge on any atom is 0.0987 e. The second-order valence-corrected chi connectivity index (χ2v) is 6.34. The summed E-state index contributed by atoms with van der Waals surface area (Å²) in [5.41, 5.74) is 2.22. The Bertz CT molecular complexity index is 635. The van der Waals surface area contributed by atoms with Gasteiger partial charge in [0.1, 0.15) is 0 Å². The van der Waals surface area contributed by atoms with Crippen LogP contribution in [-0.2, 0) is 9.47 Å². The number of aromatic nitrogens is 1. The number of nitrogens with zero attached hydrogens (tertiary/aromatic N) is 2. The summed E-state index contributed by atoms with van der Waals surface area (Å²) in [5.74, 6) is 0. The van der Waals surface area contributed by atoms with Gasteiger partial charge in [-0.05, 0) is 31.2 Å². The number of pyridine rings is 1. The number of fused-ring (bicyclic) bond motifs is 1. The average Bonchev–Trinajstić information content (AvgIpc) is 2.46. The predicted molar refractivity (Wildman–Crippen MR) is 87.9 cm³/mol. The first-order chi connectivity index (χ1) is 10.2. The number of methoxy groups -OCH3 is 1. The molecule has 1 saturated heterocycles. The highest BCUT2D eigenvalue weighted by atomic mass is 79.9. The number of hydrogen-bond donors (Lipinski definition) is 0. The van der Waals surface area contributed by atoms with Crippen molar-refractivity contribution < 1.29 is 9.47 Å². The highest BCUT2D eigenvalue weighted by Gasteiger charge is 2.26. The molecule has 2 unspecified atom stereocenters. The average molecular weight is 351 g/mol. The normalized spacial score (nSPS) is 22.7. The van der Waals surface area contributed by atoms with Crippen molar-refractivity contribution in [3.8, 4) is 0 Å². The van der Waals surface area contributed by atoms with E-state index in [1.165, 1.54) is 11.1 Å². The van der Waals surface area contributed by atoms with Crippen LogP contribution in [0.2, 0.25) is 0 Å². The lowest BCUT2D eigenvalue weighted by molar-refractivity contribution is -0.0510. The van der Waals surface area contributed by atoms with E-state index in [-0.39, 0.29) is 12.2 Å². The Labute approximate surface area is 133 Å². The smallest absolute Gasteiger partial charge is 0.0987 e. The second-order valence-electron chi connectivity index (χ2n) is 5.42. The van der Waals surface area contributed by atoms with Gasteiger partial charge in [0, 0.05) is 41.9 Å². The summed E-state index contributed by atoms with van der Waals surface area (Å²) in [5, 5.41) is 1.17.